The van der Waals surface area contributed by atoms with Crippen molar-refractivity contribution in [2.24, 2.45) is 0 Å². The van der Waals surface area contributed by atoms with E-state index >= 15 is 0 Å². The van der Waals surface area contributed by atoms with Crippen LogP contribution in [0, 0.1) is 12.7 Å². The molecule has 0 aliphatic carbocycles. The van der Waals surface area contributed by atoms with Crippen LogP contribution in [0.1, 0.15) is 18.9 Å². The van der Waals surface area contributed by atoms with Crippen molar-refractivity contribution in [3.05, 3.63) is 29.6 Å². The number of urea groups is 1. The van der Waals surface area contributed by atoms with E-state index in [2.05, 4.69) is 10.6 Å². The molecule has 1 rings (SSSR count). The first-order valence-electron chi connectivity index (χ1n) is 5.50. The van der Waals surface area contributed by atoms with Crippen LogP contribution in [0.4, 0.5) is 14.9 Å². The highest BCUT2D eigenvalue weighted by molar-refractivity contribution is 5.92. The fourth-order valence-corrected chi connectivity index (χ4v) is 1.38. The van der Waals surface area contributed by atoms with Gasteiger partial charge in [0.15, 0.2) is 0 Å². The molecular weight excluding hydrogens is 239 g/mol. The van der Waals surface area contributed by atoms with Gasteiger partial charge < -0.3 is 15.7 Å². The predicted octanol–water partition coefficient (Wildman–Crippen LogP) is 2.12. The molecule has 2 amide bonds. The summed E-state index contributed by atoms with van der Waals surface area (Å²) < 4.78 is 13.4. The van der Waals surface area contributed by atoms with E-state index in [0.29, 0.717) is 0 Å². The molecule has 18 heavy (non-hydrogen) atoms. The fourth-order valence-electron chi connectivity index (χ4n) is 1.38. The van der Waals surface area contributed by atoms with Gasteiger partial charge in [-0.1, -0.05) is 13.0 Å². The van der Waals surface area contributed by atoms with Gasteiger partial charge in [-0.05, 0) is 31.0 Å². The zero-order valence-electron chi connectivity index (χ0n) is 10.2. The lowest BCUT2D eigenvalue weighted by atomic mass is 10.2. The van der Waals surface area contributed by atoms with Crippen molar-refractivity contribution in [3.8, 4) is 0 Å². The standard InChI is InChI=1S/C12H15FN2O3/c1-3-9(11(16)17)14-12(18)15-10-5-4-7(2)6-8(10)13/h4-6,9H,3H2,1-2H3,(H,16,17)(H2,14,15,18)/t9-/m1/s1. The highest BCUT2D eigenvalue weighted by Crippen LogP contribution is 2.14. The Morgan fingerprint density at radius 2 is 2.11 bits per heavy atom. The maximum atomic E-state index is 13.4. The number of carboxylic acids is 1. The van der Waals surface area contributed by atoms with Crippen LogP contribution in [0.3, 0.4) is 0 Å². The molecule has 0 unspecified atom stereocenters. The zero-order valence-corrected chi connectivity index (χ0v) is 10.2. The Labute approximate surface area is 104 Å². The first kappa shape index (κ1) is 14.0. The molecule has 0 fully saturated rings. The number of carboxylic acid groups (broad SMARTS) is 1. The van der Waals surface area contributed by atoms with E-state index in [1.165, 1.54) is 12.1 Å². The molecule has 0 radical (unpaired) electrons. The number of carbonyl (C=O) groups excluding carboxylic acids is 1. The summed E-state index contributed by atoms with van der Waals surface area (Å²) in [6.45, 7) is 3.36. The molecular formula is C12H15FN2O3. The molecule has 0 spiro atoms. The number of hydrogen-bond acceptors (Lipinski definition) is 2. The number of carbonyl (C=O) groups is 2. The quantitative estimate of drug-likeness (QED) is 0.770. The smallest absolute Gasteiger partial charge is 0.326 e. The van der Waals surface area contributed by atoms with Crippen molar-refractivity contribution in [2.45, 2.75) is 26.3 Å². The summed E-state index contributed by atoms with van der Waals surface area (Å²) in [5.74, 6) is -1.69. The average molecular weight is 254 g/mol. The number of amides is 2. The van der Waals surface area contributed by atoms with Crippen molar-refractivity contribution in [1.82, 2.24) is 5.32 Å². The fraction of sp³-hybridized carbons (Fsp3) is 0.333. The van der Waals surface area contributed by atoms with Gasteiger partial charge in [-0.15, -0.1) is 0 Å². The minimum absolute atomic E-state index is 0.0124. The highest BCUT2D eigenvalue weighted by atomic mass is 19.1. The Hall–Kier alpha value is -2.11. The summed E-state index contributed by atoms with van der Waals surface area (Å²) in [5.41, 5.74) is 0.744. The normalized spacial score (nSPS) is 11.7. The molecule has 0 aliphatic rings. The van der Waals surface area contributed by atoms with Gasteiger partial charge >= 0.3 is 12.0 Å². The van der Waals surface area contributed by atoms with Gasteiger partial charge in [0.05, 0.1) is 5.69 Å². The minimum Gasteiger partial charge on any atom is -0.480 e. The molecule has 1 aromatic carbocycles. The van der Waals surface area contributed by atoms with E-state index in [0.717, 1.165) is 5.56 Å². The molecule has 3 N–H and O–H groups in total. The number of anilines is 1. The number of benzene rings is 1. The van der Waals surface area contributed by atoms with Crippen molar-refractivity contribution in [2.75, 3.05) is 5.32 Å². The van der Waals surface area contributed by atoms with Crippen molar-refractivity contribution in [3.63, 3.8) is 0 Å². The summed E-state index contributed by atoms with van der Waals surface area (Å²) in [6.07, 6.45) is 0.249. The molecule has 0 heterocycles. The lowest BCUT2D eigenvalue weighted by Crippen LogP contribution is -2.42. The third kappa shape index (κ3) is 3.73. The number of rotatable bonds is 4. The van der Waals surface area contributed by atoms with Gasteiger partial charge in [-0.3, -0.25) is 0 Å². The van der Waals surface area contributed by atoms with E-state index in [1.807, 2.05) is 0 Å². The van der Waals surface area contributed by atoms with E-state index in [4.69, 9.17) is 5.11 Å². The topological polar surface area (TPSA) is 78.4 Å². The number of halogens is 1. The minimum atomic E-state index is -1.13. The zero-order chi connectivity index (χ0) is 13.7. The molecule has 6 heteroatoms. The summed E-state index contributed by atoms with van der Waals surface area (Å²) in [6, 6.07) is 2.62. The van der Waals surface area contributed by atoms with Crippen LogP contribution in [-0.4, -0.2) is 23.1 Å². The molecule has 0 aliphatic heterocycles. The molecule has 0 bridgehead atoms. The van der Waals surface area contributed by atoms with E-state index < -0.39 is 23.9 Å². The van der Waals surface area contributed by atoms with Gasteiger partial charge in [-0.2, -0.15) is 0 Å². The van der Waals surface area contributed by atoms with Crippen LogP contribution >= 0.6 is 0 Å². The van der Waals surface area contributed by atoms with E-state index in [-0.39, 0.29) is 12.1 Å². The Balaban J connectivity index is 2.67. The van der Waals surface area contributed by atoms with Gasteiger partial charge in [-0.25, -0.2) is 14.0 Å². The Morgan fingerprint density at radius 1 is 1.44 bits per heavy atom. The SMILES string of the molecule is CC[C@@H](NC(=O)Nc1ccc(C)cc1F)C(=O)O. The predicted molar refractivity (Wildman–Crippen MR) is 65.0 cm³/mol. The molecule has 0 saturated carbocycles. The Bertz CT molecular complexity index is 463. The second-order valence-corrected chi connectivity index (χ2v) is 3.88. The average Bonchev–Trinajstić information content (AvgIpc) is 2.29. The Morgan fingerprint density at radius 3 is 2.61 bits per heavy atom. The number of hydrogen-bond donors (Lipinski definition) is 3. The third-order valence-corrected chi connectivity index (χ3v) is 2.38. The number of aryl methyl sites for hydroxylation is 1. The number of aliphatic carboxylic acids is 1. The third-order valence-electron chi connectivity index (χ3n) is 2.38. The van der Waals surface area contributed by atoms with Gasteiger partial charge in [0.2, 0.25) is 0 Å². The van der Waals surface area contributed by atoms with Crippen molar-refractivity contribution < 1.29 is 19.1 Å². The van der Waals surface area contributed by atoms with Crippen LogP contribution in [0.2, 0.25) is 0 Å². The van der Waals surface area contributed by atoms with Gasteiger partial charge in [0, 0.05) is 0 Å². The molecule has 0 aromatic heterocycles. The van der Waals surface area contributed by atoms with Crippen LogP contribution in [0.25, 0.3) is 0 Å². The second kappa shape index (κ2) is 6.00. The summed E-state index contributed by atoms with van der Waals surface area (Å²) >= 11 is 0. The summed E-state index contributed by atoms with van der Waals surface area (Å²) in [5, 5.41) is 13.3. The van der Waals surface area contributed by atoms with Gasteiger partial charge in [0.1, 0.15) is 11.9 Å². The second-order valence-electron chi connectivity index (χ2n) is 3.88. The van der Waals surface area contributed by atoms with Crippen LogP contribution in [0.5, 0.6) is 0 Å². The van der Waals surface area contributed by atoms with Crippen LogP contribution in [0.15, 0.2) is 18.2 Å². The number of nitrogens with one attached hydrogen (secondary N) is 2. The first-order valence-corrected chi connectivity index (χ1v) is 5.50. The molecule has 0 saturated heterocycles. The molecule has 1 aromatic rings. The first-order chi connectivity index (χ1) is 8.43. The van der Waals surface area contributed by atoms with E-state index in [9.17, 15) is 14.0 Å². The lowest BCUT2D eigenvalue weighted by molar-refractivity contribution is -0.139. The monoisotopic (exact) mass is 254 g/mol. The van der Waals surface area contributed by atoms with Crippen molar-refractivity contribution in [1.29, 1.82) is 0 Å². The summed E-state index contributed by atoms with van der Waals surface area (Å²) in [4.78, 5) is 22.2. The molecule has 5 nitrogen and oxygen atoms in total. The van der Waals surface area contributed by atoms with Crippen LogP contribution < -0.4 is 10.6 Å². The van der Waals surface area contributed by atoms with Gasteiger partial charge in [0.25, 0.3) is 0 Å². The largest absolute Gasteiger partial charge is 0.480 e. The maximum absolute atomic E-state index is 13.4. The molecule has 98 valence electrons. The Kier molecular flexibility index (Phi) is 4.65. The summed E-state index contributed by atoms with van der Waals surface area (Å²) in [7, 11) is 0. The van der Waals surface area contributed by atoms with Crippen molar-refractivity contribution >= 4 is 17.7 Å². The van der Waals surface area contributed by atoms with Crippen LogP contribution in [-0.2, 0) is 4.79 Å². The molecule has 1 atom stereocenters. The van der Waals surface area contributed by atoms with E-state index in [1.54, 1.807) is 19.9 Å². The lowest BCUT2D eigenvalue weighted by Gasteiger charge is -2.13. The highest BCUT2D eigenvalue weighted by Gasteiger charge is 2.17. The maximum Gasteiger partial charge on any atom is 0.326 e.